The van der Waals surface area contributed by atoms with E-state index in [1.54, 1.807) is 17.8 Å². The van der Waals surface area contributed by atoms with Gasteiger partial charge in [0.1, 0.15) is 0 Å². The molecule has 2 nitrogen and oxygen atoms in total. The Morgan fingerprint density at radius 2 is 2.19 bits per heavy atom. The predicted molar refractivity (Wildman–Crippen MR) is 69.3 cm³/mol. The van der Waals surface area contributed by atoms with Gasteiger partial charge in [-0.1, -0.05) is 29.8 Å². The standard InChI is InChI=1S/C12H15ClO2S/c1-16-7-6-10(12(14)15)8-9-4-2-3-5-11(9)13/h2-5,10H,6-8H2,1H3,(H,14,15). The summed E-state index contributed by atoms with van der Waals surface area (Å²) in [6, 6.07) is 7.42. The summed E-state index contributed by atoms with van der Waals surface area (Å²) in [5.74, 6) is -0.220. The van der Waals surface area contributed by atoms with Crippen LogP contribution in [0.2, 0.25) is 5.02 Å². The summed E-state index contributed by atoms with van der Waals surface area (Å²) >= 11 is 7.67. The van der Waals surface area contributed by atoms with E-state index < -0.39 is 5.97 Å². The molecule has 1 atom stereocenters. The van der Waals surface area contributed by atoms with Crippen molar-refractivity contribution in [3.8, 4) is 0 Å². The molecule has 1 N–H and O–H groups in total. The van der Waals surface area contributed by atoms with Crippen LogP contribution in [0.25, 0.3) is 0 Å². The molecule has 1 aromatic rings. The van der Waals surface area contributed by atoms with E-state index in [0.29, 0.717) is 17.9 Å². The lowest BCUT2D eigenvalue weighted by Gasteiger charge is -2.12. The van der Waals surface area contributed by atoms with Gasteiger partial charge < -0.3 is 5.11 Å². The van der Waals surface area contributed by atoms with E-state index in [-0.39, 0.29) is 5.92 Å². The molecule has 1 unspecified atom stereocenters. The highest BCUT2D eigenvalue weighted by Crippen LogP contribution is 2.21. The molecule has 0 saturated carbocycles. The molecule has 1 rings (SSSR count). The molecular formula is C12H15ClO2S. The van der Waals surface area contributed by atoms with Crippen LogP contribution in [-0.2, 0) is 11.2 Å². The molecule has 0 spiro atoms. The lowest BCUT2D eigenvalue weighted by molar-refractivity contribution is -0.141. The minimum absolute atomic E-state index is 0.340. The van der Waals surface area contributed by atoms with Crippen molar-refractivity contribution in [3.63, 3.8) is 0 Å². The van der Waals surface area contributed by atoms with Crippen molar-refractivity contribution in [3.05, 3.63) is 34.9 Å². The molecule has 0 aliphatic carbocycles. The van der Waals surface area contributed by atoms with Gasteiger partial charge in [-0.2, -0.15) is 11.8 Å². The van der Waals surface area contributed by atoms with E-state index in [2.05, 4.69) is 0 Å². The molecule has 0 heterocycles. The number of thioether (sulfide) groups is 1. The maximum Gasteiger partial charge on any atom is 0.306 e. The largest absolute Gasteiger partial charge is 0.481 e. The molecule has 0 radical (unpaired) electrons. The number of benzene rings is 1. The topological polar surface area (TPSA) is 37.3 Å². The number of carboxylic acid groups (broad SMARTS) is 1. The van der Waals surface area contributed by atoms with Crippen LogP contribution in [0.15, 0.2) is 24.3 Å². The van der Waals surface area contributed by atoms with Gasteiger partial charge in [0.2, 0.25) is 0 Å². The third-order valence-corrected chi connectivity index (χ3v) is 3.46. The fourth-order valence-corrected chi connectivity index (χ4v) is 2.24. The van der Waals surface area contributed by atoms with E-state index >= 15 is 0 Å². The van der Waals surface area contributed by atoms with Crippen LogP contribution >= 0.6 is 23.4 Å². The Morgan fingerprint density at radius 3 is 2.75 bits per heavy atom. The molecule has 88 valence electrons. The van der Waals surface area contributed by atoms with Crippen LogP contribution in [0.1, 0.15) is 12.0 Å². The minimum atomic E-state index is -0.742. The third kappa shape index (κ3) is 4.06. The number of carboxylic acids is 1. The van der Waals surface area contributed by atoms with Gasteiger partial charge in [0.25, 0.3) is 0 Å². The van der Waals surface area contributed by atoms with Crippen LogP contribution in [0.5, 0.6) is 0 Å². The van der Waals surface area contributed by atoms with Crippen LogP contribution in [0, 0.1) is 5.92 Å². The second-order valence-electron chi connectivity index (χ2n) is 3.61. The number of halogens is 1. The number of hydrogen-bond acceptors (Lipinski definition) is 2. The first-order valence-corrected chi connectivity index (χ1v) is 6.87. The lowest BCUT2D eigenvalue weighted by atomic mass is 9.97. The van der Waals surface area contributed by atoms with E-state index in [4.69, 9.17) is 16.7 Å². The van der Waals surface area contributed by atoms with E-state index in [1.807, 2.05) is 24.5 Å². The summed E-state index contributed by atoms with van der Waals surface area (Å²) in [6.07, 6.45) is 3.17. The first-order chi connectivity index (χ1) is 7.65. The van der Waals surface area contributed by atoms with Crippen LogP contribution < -0.4 is 0 Å². The average molecular weight is 259 g/mol. The number of aliphatic carboxylic acids is 1. The van der Waals surface area contributed by atoms with Crippen molar-refractivity contribution in [2.75, 3.05) is 12.0 Å². The van der Waals surface area contributed by atoms with Crippen LogP contribution in [0.3, 0.4) is 0 Å². The van der Waals surface area contributed by atoms with Crippen LogP contribution in [-0.4, -0.2) is 23.1 Å². The molecule has 0 aromatic heterocycles. The van der Waals surface area contributed by atoms with Crippen LogP contribution in [0.4, 0.5) is 0 Å². The smallest absolute Gasteiger partial charge is 0.306 e. The molecule has 0 saturated heterocycles. The van der Waals surface area contributed by atoms with Gasteiger partial charge in [0.05, 0.1) is 5.92 Å². The molecule has 1 aromatic carbocycles. The van der Waals surface area contributed by atoms with Gasteiger partial charge >= 0.3 is 5.97 Å². The fraction of sp³-hybridized carbons (Fsp3) is 0.417. The van der Waals surface area contributed by atoms with Crippen molar-refractivity contribution in [1.29, 1.82) is 0 Å². The Bertz CT molecular complexity index is 355. The zero-order valence-electron chi connectivity index (χ0n) is 9.15. The summed E-state index contributed by atoms with van der Waals surface area (Å²) in [5.41, 5.74) is 0.915. The van der Waals surface area contributed by atoms with Gasteiger partial charge in [0.15, 0.2) is 0 Å². The number of rotatable bonds is 6. The van der Waals surface area contributed by atoms with Crippen molar-refractivity contribution >= 4 is 29.3 Å². The average Bonchev–Trinajstić information content (AvgIpc) is 2.26. The summed E-state index contributed by atoms with van der Waals surface area (Å²) in [4.78, 5) is 11.1. The molecule has 16 heavy (non-hydrogen) atoms. The first-order valence-electron chi connectivity index (χ1n) is 5.10. The predicted octanol–water partition coefficient (Wildman–Crippen LogP) is 3.34. The maximum atomic E-state index is 11.1. The van der Waals surface area contributed by atoms with Gasteiger partial charge in [-0.25, -0.2) is 0 Å². The Balaban J connectivity index is 2.68. The normalized spacial score (nSPS) is 12.4. The summed E-state index contributed by atoms with van der Waals surface area (Å²) in [5, 5.41) is 9.75. The molecule has 4 heteroatoms. The second-order valence-corrected chi connectivity index (χ2v) is 5.00. The van der Waals surface area contributed by atoms with E-state index in [1.165, 1.54) is 0 Å². The van der Waals surface area contributed by atoms with Crippen molar-refractivity contribution < 1.29 is 9.90 Å². The Labute approximate surface area is 105 Å². The lowest BCUT2D eigenvalue weighted by Crippen LogP contribution is -2.17. The van der Waals surface area contributed by atoms with Crippen molar-refractivity contribution in [2.45, 2.75) is 12.8 Å². The maximum absolute atomic E-state index is 11.1. The summed E-state index contributed by atoms with van der Waals surface area (Å²) in [7, 11) is 0. The monoisotopic (exact) mass is 258 g/mol. The second kappa shape index (κ2) is 6.81. The Hall–Kier alpha value is -0.670. The molecule has 0 fully saturated rings. The van der Waals surface area contributed by atoms with Gasteiger partial charge in [0, 0.05) is 5.02 Å². The summed E-state index contributed by atoms with van der Waals surface area (Å²) in [6.45, 7) is 0. The molecular weight excluding hydrogens is 244 g/mol. The minimum Gasteiger partial charge on any atom is -0.481 e. The fourth-order valence-electron chi connectivity index (χ4n) is 1.50. The molecule has 0 bridgehead atoms. The zero-order chi connectivity index (χ0) is 12.0. The molecule has 0 aliphatic rings. The van der Waals surface area contributed by atoms with Crippen molar-refractivity contribution in [1.82, 2.24) is 0 Å². The zero-order valence-corrected chi connectivity index (χ0v) is 10.7. The van der Waals surface area contributed by atoms with Gasteiger partial charge in [-0.15, -0.1) is 0 Å². The Kier molecular flexibility index (Phi) is 5.71. The van der Waals surface area contributed by atoms with Gasteiger partial charge in [-0.3, -0.25) is 4.79 Å². The highest BCUT2D eigenvalue weighted by molar-refractivity contribution is 7.98. The molecule has 0 aliphatic heterocycles. The first kappa shape index (κ1) is 13.4. The number of hydrogen-bond donors (Lipinski definition) is 1. The SMILES string of the molecule is CSCCC(Cc1ccccc1Cl)C(=O)O. The van der Waals surface area contributed by atoms with Crippen molar-refractivity contribution in [2.24, 2.45) is 5.92 Å². The molecule has 0 amide bonds. The van der Waals surface area contributed by atoms with E-state index in [9.17, 15) is 4.79 Å². The highest BCUT2D eigenvalue weighted by Gasteiger charge is 2.18. The van der Waals surface area contributed by atoms with E-state index in [0.717, 1.165) is 11.3 Å². The highest BCUT2D eigenvalue weighted by atomic mass is 35.5. The number of carbonyl (C=O) groups is 1. The quantitative estimate of drug-likeness (QED) is 0.850. The summed E-state index contributed by atoms with van der Waals surface area (Å²) < 4.78 is 0. The Morgan fingerprint density at radius 1 is 1.50 bits per heavy atom. The van der Waals surface area contributed by atoms with Gasteiger partial charge in [-0.05, 0) is 36.5 Å². The third-order valence-electron chi connectivity index (χ3n) is 2.44.